The molecule has 4 rings (SSSR count). The number of piperidine rings is 1. The van der Waals surface area contributed by atoms with Crippen molar-refractivity contribution in [1.29, 1.82) is 0 Å². The van der Waals surface area contributed by atoms with Gasteiger partial charge in [-0.15, -0.1) is 0 Å². The minimum Gasteiger partial charge on any atom is -0.354 e. The zero-order chi connectivity index (χ0) is 25.9. The molecule has 1 unspecified atom stereocenters. The van der Waals surface area contributed by atoms with Crippen LogP contribution in [0.2, 0.25) is 10.0 Å². The van der Waals surface area contributed by atoms with Crippen molar-refractivity contribution in [3.8, 4) is 0 Å². The van der Waals surface area contributed by atoms with Crippen LogP contribution in [0.3, 0.4) is 0 Å². The van der Waals surface area contributed by atoms with Gasteiger partial charge in [-0.1, -0.05) is 61.7 Å². The van der Waals surface area contributed by atoms with E-state index >= 15 is 0 Å². The second kappa shape index (κ2) is 11.1. The molecule has 2 aromatic rings. The molecule has 2 saturated heterocycles. The Kier molecular flexibility index (Phi) is 8.10. The molecule has 7 nitrogen and oxygen atoms in total. The summed E-state index contributed by atoms with van der Waals surface area (Å²) in [6.07, 6.45) is 1.92. The molecule has 2 aromatic carbocycles. The van der Waals surface area contributed by atoms with E-state index in [0.717, 1.165) is 12.1 Å². The van der Waals surface area contributed by atoms with E-state index in [2.05, 4.69) is 24.1 Å². The van der Waals surface area contributed by atoms with Crippen molar-refractivity contribution in [2.24, 2.45) is 5.92 Å². The first-order valence-corrected chi connectivity index (χ1v) is 13.1. The average molecular weight is 531 g/mol. The highest BCUT2D eigenvalue weighted by molar-refractivity contribution is 6.42. The molecule has 9 heteroatoms. The summed E-state index contributed by atoms with van der Waals surface area (Å²) in [6.45, 7) is 5.95. The van der Waals surface area contributed by atoms with Crippen LogP contribution in [0.1, 0.15) is 43.5 Å². The molecule has 36 heavy (non-hydrogen) atoms. The number of hydrogen-bond acceptors (Lipinski definition) is 4. The van der Waals surface area contributed by atoms with Crippen LogP contribution in [0.5, 0.6) is 0 Å². The van der Waals surface area contributed by atoms with E-state index in [1.54, 1.807) is 28.0 Å². The lowest BCUT2D eigenvalue weighted by molar-refractivity contribution is -0.137. The molecule has 0 saturated carbocycles. The Morgan fingerprint density at radius 3 is 2.39 bits per heavy atom. The largest absolute Gasteiger partial charge is 0.354 e. The molecule has 192 valence electrons. The zero-order valence-corrected chi connectivity index (χ0v) is 22.2. The molecule has 0 radical (unpaired) electrons. The number of carbonyl (C=O) groups excluding carboxylic acids is 3. The van der Waals surface area contributed by atoms with Crippen LogP contribution < -0.4 is 10.2 Å². The van der Waals surface area contributed by atoms with Crippen LogP contribution >= 0.6 is 23.2 Å². The number of benzene rings is 2. The summed E-state index contributed by atoms with van der Waals surface area (Å²) < 4.78 is 0. The molecule has 2 fully saturated rings. The second-order valence-corrected chi connectivity index (χ2v) is 10.5. The Balaban J connectivity index is 1.51. The summed E-state index contributed by atoms with van der Waals surface area (Å²) in [7, 11) is 0. The molecule has 1 spiro atoms. The average Bonchev–Trinajstić information content (AvgIpc) is 3.15. The first-order valence-electron chi connectivity index (χ1n) is 12.4. The van der Waals surface area contributed by atoms with Gasteiger partial charge in [-0.2, -0.15) is 0 Å². The van der Waals surface area contributed by atoms with Gasteiger partial charge >= 0.3 is 0 Å². The molecule has 0 aromatic heterocycles. The van der Waals surface area contributed by atoms with Gasteiger partial charge in [-0.05, 0) is 49.1 Å². The lowest BCUT2D eigenvalue weighted by Crippen LogP contribution is -2.57. The number of rotatable bonds is 7. The third kappa shape index (κ3) is 5.32. The van der Waals surface area contributed by atoms with Crippen molar-refractivity contribution in [2.75, 3.05) is 37.7 Å². The Hall–Kier alpha value is -2.77. The summed E-state index contributed by atoms with van der Waals surface area (Å²) in [5.74, 6) is 0.0294. The van der Waals surface area contributed by atoms with Gasteiger partial charge in [-0.25, -0.2) is 0 Å². The van der Waals surface area contributed by atoms with Gasteiger partial charge < -0.3 is 20.0 Å². The van der Waals surface area contributed by atoms with Crippen LogP contribution in [0.15, 0.2) is 48.5 Å². The topological polar surface area (TPSA) is 73.0 Å². The quantitative estimate of drug-likeness (QED) is 0.574. The molecule has 1 atom stereocenters. The van der Waals surface area contributed by atoms with Gasteiger partial charge in [0, 0.05) is 30.9 Å². The summed E-state index contributed by atoms with van der Waals surface area (Å²) in [5, 5.41) is 3.68. The van der Waals surface area contributed by atoms with Crippen molar-refractivity contribution in [1.82, 2.24) is 15.1 Å². The fourth-order valence-electron chi connectivity index (χ4n) is 4.88. The molecule has 0 aliphatic carbocycles. The standard InChI is InChI=1S/C27H32Cl2N4O3/c1-3-19(2)16-30-24(34)17-32-18-33(21-7-5-4-6-8-21)27(26(32)36)11-13-31(14-12-27)25(35)20-9-10-22(28)23(29)15-20/h4-10,15,19H,3,11-14,16-18H2,1-2H3,(H,30,34). The van der Waals surface area contributed by atoms with Gasteiger partial charge in [-0.3, -0.25) is 14.4 Å². The molecular formula is C27H32Cl2N4O3. The minimum absolute atomic E-state index is 0.0201. The Morgan fingerprint density at radius 1 is 1.06 bits per heavy atom. The SMILES string of the molecule is CCC(C)CNC(=O)CN1CN(c2ccccc2)C2(CCN(C(=O)c3ccc(Cl)c(Cl)c3)CC2)C1=O. The maximum absolute atomic E-state index is 13.8. The smallest absolute Gasteiger partial charge is 0.253 e. The van der Waals surface area contributed by atoms with Crippen LogP contribution in [-0.2, 0) is 9.59 Å². The summed E-state index contributed by atoms with van der Waals surface area (Å²) >= 11 is 12.1. The van der Waals surface area contributed by atoms with Crippen molar-refractivity contribution in [3.63, 3.8) is 0 Å². The van der Waals surface area contributed by atoms with E-state index in [4.69, 9.17) is 23.2 Å². The van der Waals surface area contributed by atoms with E-state index in [1.807, 2.05) is 30.3 Å². The third-order valence-corrected chi connectivity index (χ3v) is 8.04. The number of hydrogen-bond donors (Lipinski definition) is 1. The second-order valence-electron chi connectivity index (χ2n) is 9.68. The Labute approximate surface area is 222 Å². The number of para-hydroxylation sites is 1. The van der Waals surface area contributed by atoms with Gasteiger partial charge in [0.1, 0.15) is 12.1 Å². The number of halogens is 2. The van der Waals surface area contributed by atoms with Crippen LogP contribution in [0.4, 0.5) is 5.69 Å². The number of carbonyl (C=O) groups is 3. The number of likely N-dealkylation sites (tertiary alicyclic amines) is 1. The van der Waals surface area contributed by atoms with Crippen molar-refractivity contribution < 1.29 is 14.4 Å². The molecule has 3 amide bonds. The lowest BCUT2D eigenvalue weighted by Gasteiger charge is -2.43. The number of nitrogens with zero attached hydrogens (tertiary/aromatic N) is 3. The van der Waals surface area contributed by atoms with Crippen molar-refractivity contribution in [3.05, 3.63) is 64.1 Å². The van der Waals surface area contributed by atoms with Gasteiger partial charge in [0.2, 0.25) is 5.91 Å². The zero-order valence-electron chi connectivity index (χ0n) is 20.7. The highest BCUT2D eigenvalue weighted by Gasteiger charge is 2.54. The lowest BCUT2D eigenvalue weighted by atomic mass is 9.85. The van der Waals surface area contributed by atoms with Crippen molar-refractivity contribution in [2.45, 2.75) is 38.6 Å². The normalized spacial score (nSPS) is 18.0. The van der Waals surface area contributed by atoms with E-state index in [9.17, 15) is 14.4 Å². The van der Waals surface area contributed by atoms with Gasteiger partial charge in [0.15, 0.2) is 0 Å². The number of nitrogens with one attached hydrogen (secondary N) is 1. The molecule has 2 heterocycles. The minimum atomic E-state index is -0.799. The van der Waals surface area contributed by atoms with Gasteiger partial charge in [0.25, 0.3) is 11.8 Å². The monoisotopic (exact) mass is 530 g/mol. The number of anilines is 1. The predicted molar refractivity (Wildman–Crippen MR) is 142 cm³/mol. The maximum Gasteiger partial charge on any atom is 0.253 e. The van der Waals surface area contributed by atoms with E-state index in [1.165, 1.54) is 0 Å². The Bertz CT molecular complexity index is 1120. The number of amides is 3. The van der Waals surface area contributed by atoms with E-state index in [0.29, 0.717) is 60.7 Å². The third-order valence-electron chi connectivity index (χ3n) is 7.31. The summed E-state index contributed by atoms with van der Waals surface area (Å²) in [5.41, 5.74) is 0.600. The first kappa shape index (κ1) is 26.3. The first-order chi connectivity index (χ1) is 17.2. The van der Waals surface area contributed by atoms with Gasteiger partial charge in [0.05, 0.1) is 16.7 Å². The molecule has 0 bridgehead atoms. The maximum atomic E-state index is 13.8. The summed E-state index contributed by atoms with van der Waals surface area (Å²) in [6, 6.07) is 14.6. The fourth-order valence-corrected chi connectivity index (χ4v) is 5.17. The molecule has 2 aliphatic heterocycles. The van der Waals surface area contributed by atoms with E-state index < -0.39 is 5.54 Å². The predicted octanol–water partition coefficient (Wildman–Crippen LogP) is 4.44. The highest BCUT2D eigenvalue weighted by atomic mass is 35.5. The van der Waals surface area contributed by atoms with Crippen molar-refractivity contribution >= 4 is 46.6 Å². The molecule has 1 N–H and O–H groups in total. The Morgan fingerprint density at radius 2 is 1.75 bits per heavy atom. The summed E-state index contributed by atoms with van der Waals surface area (Å²) in [4.78, 5) is 45.0. The van der Waals surface area contributed by atoms with Crippen LogP contribution in [-0.4, -0.2) is 65.9 Å². The van der Waals surface area contributed by atoms with Crippen LogP contribution in [0.25, 0.3) is 0 Å². The fraction of sp³-hybridized carbons (Fsp3) is 0.444. The molecule has 2 aliphatic rings. The van der Waals surface area contributed by atoms with Crippen LogP contribution in [0, 0.1) is 5.92 Å². The van der Waals surface area contributed by atoms with E-state index in [-0.39, 0.29) is 24.3 Å². The highest BCUT2D eigenvalue weighted by Crippen LogP contribution is 2.39. The molecular weight excluding hydrogens is 499 g/mol.